The van der Waals surface area contributed by atoms with Crippen LogP contribution in [0.1, 0.15) is 25.3 Å². The molecule has 0 spiro atoms. The molecule has 0 radical (unpaired) electrons. The number of nitrogens with one attached hydrogen (secondary N) is 1. The number of alkyl halides is 1. The molecule has 0 bridgehead atoms. The molecule has 19 heavy (non-hydrogen) atoms. The lowest BCUT2D eigenvalue weighted by atomic mass is 10.1. The third-order valence-corrected chi connectivity index (χ3v) is 5.45. The molecule has 0 saturated heterocycles. The number of halogens is 1. The van der Waals surface area contributed by atoms with E-state index in [1.807, 2.05) is 30.3 Å². The molecule has 1 aromatic carbocycles. The standard InChI is InChI=1S/C14H22BrNO2S/c1-13(12-15)6-5-10-16-19(17,18)11-9-14-7-3-2-4-8-14/h2-4,7-8,13,16H,5-6,9-12H2,1H3. The van der Waals surface area contributed by atoms with Gasteiger partial charge in [-0.05, 0) is 30.7 Å². The van der Waals surface area contributed by atoms with E-state index in [9.17, 15) is 8.42 Å². The molecule has 5 heteroatoms. The van der Waals surface area contributed by atoms with E-state index < -0.39 is 10.0 Å². The second-order valence-electron chi connectivity index (χ2n) is 4.85. The van der Waals surface area contributed by atoms with Crippen molar-refractivity contribution in [3.05, 3.63) is 35.9 Å². The van der Waals surface area contributed by atoms with E-state index in [0.717, 1.165) is 23.7 Å². The second-order valence-corrected chi connectivity index (χ2v) is 7.42. The largest absolute Gasteiger partial charge is 0.215 e. The van der Waals surface area contributed by atoms with Gasteiger partial charge in [-0.2, -0.15) is 0 Å². The summed E-state index contributed by atoms with van der Waals surface area (Å²) < 4.78 is 26.3. The first-order valence-electron chi connectivity index (χ1n) is 6.61. The van der Waals surface area contributed by atoms with E-state index in [4.69, 9.17) is 0 Å². The number of hydrogen-bond donors (Lipinski definition) is 1. The molecule has 1 atom stereocenters. The van der Waals surface area contributed by atoms with Crippen molar-refractivity contribution in [2.75, 3.05) is 17.6 Å². The van der Waals surface area contributed by atoms with Gasteiger partial charge in [-0.15, -0.1) is 0 Å². The fourth-order valence-corrected chi connectivity index (χ4v) is 3.15. The minimum Gasteiger partial charge on any atom is -0.215 e. The third-order valence-electron chi connectivity index (χ3n) is 2.96. The van der Waals surface area contributed by atoms with Gasteiger partial charge < -0.3 is 0 Å². The minimum atomic E-state index is -3.15. The summed E-state index contributed by atoms with van der Waals surface area (Å²) in [6.07, 6.45) is 2.48. The maximum Gasteiger partial charge on any atom is 0.211 e. The van der Waals surface area contributed by atoms with Gasteiger partial charge in [0, 0.05) is 11.9 Å². The molecule has 3 nitrogen and oxygen atoms in total. The molecule has 0 aromatic heterocycles. The molecule has 0 heterocycles. The van der Waals surface area contributed by atoms with Gasteiger partial charge in [0.25, 0.3) is 0 Å². The summed E-state index contributed by atoms with van der Waals surface area (Å²) in [5.41, 5.74) is 1.06. The van der Waals surface area contributed by atoms with Gasteiger partial charge >= 0.3 is 0 Å². The SMILES string of the molecule is CC(CBr)CCCNS(=O)(=O)CCc1ccccc1. The average molecular weight is 348 g/mol. The minimum absolute atomic E-state index is 0.158. The van der Waals surface area contributed by atoms with E-state index in [1.165, 1.54) is 0 Å². The fourth-order valence-electron chi connectivity index (χ4n) is 1.72. The Morgan fingerprint density at radius 2 is 1.95 bits per heavy atom. The first-order valence-corrected chi connectivity index (χ1v) is 9.38. The molecule has 1 aromatic rings. The number of sulfonamides is 1. The van der Waals surface area contributed by atoms with Crippen LogP contribution in [0.3, 0.4) is 0 Å². The van der Waals surface area contributed by atoms with Crippen LogP contribution in [0, 0.1) is 5.92 Å². The molecule has 0 aliphatic heterocycles. The van der Waals surface area contributed by atoms with Crippen LogP contribution in [-0.2, 0) is 16.4 Å². The van der Waals surface area contributed by atoms with Gasteiger partial charge in [0.05, 0.1) is 5.75 Å². The highest BCUT2D eigenvalue weighted by Gasteiger charge is 2.09. The van der Waals surface area contributed by atoms with Crippen LogP contribution in [0.25, 0.3) is 0 Å². The van der Waals surface area contributed by atoms with Crippen molar-refractivity contribution in [2.24, 2.45) is 5.92 Å². The smallest absolute Gasteiger partial charge is 0.211 e. The zero-order valence-electron chi connectivity index (χ0n) is 11.3. The molecular weight excluding hydrogens is 326 g/mol. The quantitative estimate of drug-likeness (QED) is 0.551. The zero-order chi connectivity index (χ0) is 14.1. The number of rotatable bonds is 9. The highest BCUT2D eigenvalue weighted by molar-refractivity contribution is 9.09. The predicted molar refractivity (Wildman–Crippen MR) is 84.1 cm³/mol. The lowest BCUT2D eigenvalue weighted by Crippen LogP contribution is -2.28. The topological polar surface area (TPSA) is 46.2 Å². The first-order chi connectivity index (χ1) is 9.03. The fraction of sp³-hybridized carbons (Fsp3) is 0.571. The summed E-state index contributed by atoms with van der Waals surface area (Å²) in [5, 5.41) is 0.966. The van der Waals surface area contributed by atoms with Gasteiger partial charge in [-0.1, -0.05) is 53.2 Å². The first kappa shape index (κ1) is 16.7. The van der Waals surface area contributed by atoms with Gasteiger partial charge in [-0.3, -0.25) is 0 Å². The van der Waals surface area contributed by atoms with Crippen molar-refractivity contribution in [1.29, 1.82) is 0 Å². The molecule has 1 unspecified atom stereocenters. The Morgan fingerprint density at radius 1 is 1.26 bits per heavy atom. The van der Waals surface area contributed by atoms with Crippen LogP contribution in [-0.4, -0.2) is 26.0 Å². The Hall–Kier alpha value is -0.390. The number of hydrogen-bond acceptors (Lipinski definition) is 2. The molecule has 0 amide bonds. The monoisotopic (exact) mass is 347 g/mol. The molecule has 0 saturated carbocycles. The van der Waals surface area contributed by atoms with Crippen LogP contribution in [0.2, 0.25) is 0 Å². The molecule has 1 rings (SSSR count). The molecule has 108 valence electrons. The van der Waals surface area contributed by atoms with Crippen molar-refractivity contribution in [1.82, 2.24) is 4.72 Å². The average Bonchev–Trinajstić information content (AvgIpc) is 2.42. The van der Waals surface area contributed by atoms with Crippen molar-refractivity contribution >= 4 is 26.0 Å². The van der Waals surface area contributed by atoms with Crippen molar-refractivity contribution in [3.8, 4) is 0 Å². The van der Waals surface area contributed by atoms with E-state index in [1.54, 1.807) is 0 Å². The maximum absolute atomic E-state index is 11.8. The van der Waals surface area contributed by atoms with Gasteiger partial charge in [0.2, 0.25) is 10.0 Å². The third kappa shape index (κ3) is 7.70. The van der Waals surface area contributed by atoms with Crippen molar-refractivity contribution < 1.29 is 8.42 Å². The highest BCUT2D eigenvalue weighted by atomic mass is 79.9. The van der Waals surface area contributed by atoms with Crippen LogP contribution in [0.15, 0.2) is 30.3 Å². The van der Waals surface area contributed by atoms with Gasteiger partial charge in [-0.25, -0.2) is 13.1 Å². The Bertz CT molecular complexity index is 448. The second kappa shape index (κ2) is 8.72. The zero-order valence-corrected chi connectivity index (χ0v) is 13.7. The van der Waals surface area contributed by atoms with E-state index >= 15 is 0 Å². The maximum atomic E-state index is 11.8. The summed E-state index contributed by atoms with van der Waals surface area (Å²) in [6.45, 7) is 2.69. The summed E-state index contributed by atoms with van der Waals surface area (Å²) >= 11 is 3.42. The van der Waals surface area contributed by atoms with Gasteiger partial charge in [0.1, 0.15) is 0 Å². The predicted octanol–water partition coefficient (Wildman–Crippen LogP) is 2.96. The lowest BCUT2D eigenvalue weighted by molar-refractivity contribution is 0.546. The Balaban J connectivity index is 2.25. The van der Waals surface area contributed by atoms with E-state index in [-0.39, 0.29) is 5.75 Å². The van der Waals surface area contributed by atoms with E-state index in [0.29, 0.717) is 18.9 Å². The van der Waals surface area contributed by atoms with Crippen LogP contribution in [0.4, 0.5) is 0 Å². The Labute approximate surface area is 125 Å². The number of aryl methyl sites for hydroxylation is 1. The van der Waals surface area contributed by atoms with E-state index in [2.05, 4.69) is 27.6 Å². The normalized spacial score (nSPS) is 13.4. The Kier molecular flexibility index (Phi) is 7.64. The van der Waals surface area contributed by atoms with Crippen LogP contribution < -0.4 is 4.72 Å². The highest BCUT2D eigenvalue weighted by Crippen LogP contribution is 2.08. The van der Waals surface area contributed by atoms with Crippen LogP contribution >= 0.6 is 15.9 Å². The molecule has 1 N–H and O–H groups in total. The lowest BCUT2D eigenvalue weighted by Gasteiger charge is -2.09. The van der Waals surface area contributed by atoms with Crippen molar-refractivity contribution in [2.45, 2.75) is 26.2 Å². The summed E-state index contributed by atoms with van der Waals surface area (Å²) in [7, 11) is -3.15. The Morgan fingerprint density at radius 3 is 2.58 bits per heavy atom. The summed E-state index contributed by atoms with van der Waals surface area (Å²) in [5.74, 6) is 0.749. The van der Waals surface area contributed by atoms with Gasteiger partial charge in [0.15, 0.2) is 0 Å². The van der Waals surface area contributed by atoms with Crippen molar-refractivity contribution in [3.63, 3.8) is 0 Å². The molecule has 0 fully saturated rings. The summed E-state index contributed by atoms with van der Waals surface area (Å²) in [4.78, 5) is 0. The molecule has 0 aliphatic rings. The summed E-state index contributed by atoms with van der Waals surface area (Å²) in [6, 6.07) is 9.69. The van der Waals surface area contributed by atoms with Crippen LogP contribution in [0.5, 0.6) is 0 Å². The number of benzene rings is 1. The molecular formula is C14H22BrNO2S. The molecule has 0 aliphatic carbocycles.